The number of nitrogens with one attached hydrogen (secondary N) is 2. The molecular weight excluding hydrogens is 286 g/mol. The highest BCUT2D eigenvalue weighted by Gasteiger charge is 2.13. The van der Waals surface area contributed by atoms with Crippen molar-refractivity contribution in [2.45, 2.75) is 18.9 Å². The van der Waals surface area contributed by atoms with Crippen molar-refractivity contribution in [1.82, 2.24) is 15.3 Å². The second-order valence-electron chi connectivity index (χ2n) is 4.59. The van der Waals surface area contributed by atoms with E-state index in [1.807, 2.05) is 28.9 Å². The van der Waals surface area contributed by atoms with Gasteiger partial charge in [-0.25, -0.2) is 4.98 Å². The first-order valence-electron chi connectivity index (χ1n) is 6.69. The minimum absolute atomic E-state index is 0.392. The monoisotopic (exact) mass is 303 g/mol. The molecule has 104 valence electrons. The molecule has 2 N–H and O–H groups in total. The molecule has 0 bridgehead atoms. The Bertz CT molecular complexity index is 585. The Morgan fingerprint density at radius 2 is 2.10 bits per heavy atom. The molecule has 3 heterocycles. The third-order valence-corrected chi connectivity index (χ3v) is 5.06. The lowest BCUT2D eigenvalue weighted by molar-refractivity contribution is 0.540. The molecule has 5 heteroatoms. The van der Waals surface area contributed by atoms with Gasteiger partial charge < -0.3 is 10.3 Å². The summed E-state index contributed by atoms with van der Waals surface area (Å²) in [7, 11) is 0. The molecule has 0 aliphatic heterocycles. The van der Waals surface area contributed by atoms with Gasteiger partial charge >= 0.3 is 0 Å². The summed E-state index contributed by atoms with van der Waals surface area (Å²) in [6.07, 6.45) is 5.66. The van der Waals surface area contributed by atoms with Gasteiger partial charge in [-0.2, -0.15) is 0 Å². The number of hydrogen-bond acceptors (Lipinski definition) is 4. The smallest absolute Gasteiger partial charge is 0.107 e. The van der Waals surface area contributed by atoms with E-state index in [2.05, 4.69) is 50.3 Å². The average Bonchev–Trinajstić information content (AvgIpc) is 3.21. The van der Waals surface area contributed by atoms with Crippen LogP contribution in [-0.4, -0.2) is 16.5 Å². The maximum absolute atomic E-state index is 4.26. The second kappa shape index (κ2) is 6.83. The van der Waals surface area contributed by atoms with E-state index in [-0.39, 0.29) is 0 Å². The number of aromatic amines is 1. The van der Waals surface area contributed by atoms with E-state index in [1.165, 1.54) is 9.75 Å². The molecule has 1 atom stereocenters. The number of thiophene rings is 2. The molecule has 0 radical (unpaired) electrons. The van der Waals surface area contributed by atoms with Crippen LogP contribution in [0, 0.1) is 0 Å². The van der Waals surface area contributed by atoms with Crippen LogP contribution in [0.1, 0.15) is 21.6 Å². The predicted octanol–water partition coefficient (Wildman–Crippen LogP) is 3.65. The maximum Gasteiger partial charge on any atom is 0.107 e. The van der Waals surface area contributed by atoms with Crippen LogP contribution in [0.3, 0.4) is 0 Å². The fourth-order valence-corrected chi connectivity index (χ4v) is 3.75. The number of nitrogens with zero attached hydrogens (tertiary/aromatic N) is 1. The van der Waals surface area contributed by atoms with Crippen molar-refractivity contribution < 1.29 is 0 Å². The summed E-state index contributed by atoms with van der Waals surface area (Å²) >= 11 is 3.65. The normalized spacial score (nSPS) is 12.6. The molecule has 0 saturated carbocycles. The van der Waals surface area contributed by atoms with Gasteiger partial charge in [0.2, 0.25) is 0 Å². The van der Waals surface area contributed by atoms with E-state index in [1.54, 1.807) is 6.20 Å². The Morgan fingerprint density at radius 3 is 2.80 bits per heavy atom. The standard InChI is InChI=1S/C15H17N3S2/c1-3-12(19-9-1)11-13(14-4-2-10-20-14)16-6-5-15-17-7-8-18-15/h1-4,7-10,13,16H,5-6,11H2,(H,17,18). The fourth-order valence-electron chi connectivity index (χ4n) is 2.19. The minimum Gasteiger partial charge on any atom is -0.349 e. The highest BCUT2D eigenvalue weighted by Crippen LogP contribution is 2.24. The Hall–Kier alpha value is -1.43. The fraction of sp³-hybridized carbons (Fsp3) is 0.267. The van der Waals surface area contributed by atoms with Gasteiger partial charge in [-0.05, 0) is 22.9 Å². The molecule has 3 aromatic rings. The molecule has 3 aromatic heterocycles. The van der Waals surface area contributed by atoms with E-state index in [9.17, 15) is 0 Å². The average molecular weight is 303 g/mol. The molecule has 0 fully saturated rings. The van der Waals surface area contributed by atoms with Crippen molar-refractivity contribution in [1.29, 1.82) is 0 Å². The summed E-state index contributed by atoms with van der Waals surface area (Å²) in [6.45, 7) is 0.932. The first kappa shape index (κ1) is 13.5. The van der Waals surface area contributed by atoms with E-state index >= 15 is 0 Å². The van der Waals surface area contributed by atoms with Crippen LogP contribution in [0.5, 0.6) is 0 Å². The second-order valence-corrected chi connectivity index (χ2v) is 6.60. The van der Waals surface area contributed by atoms with Crippen molar-refractivity contribution in [3.05, 3.63) is 63.0 Å². The summed E-state index contributed by atoms with van der Waals surface area (Å²) in [5.74, 6) is 1.04. The van der Waals surface area contributed by atoms with Crippen molar-refractivity contribution in [2.24, 2.45) is 0 Å². The van der Waals surface area contributed by atoms with Gasteiger partial charge in [0.15, 0.2) is 0 Å². The molecule has 0 aliphatic carbocycles. The molecule has 0 aliphatic rings. The lowest BCUT2D eigenvalue weighted by atomic mass is 10.1. The molecule has 20 heavy (non-hydrogen) atoms. The third-order valence-electron chi connectivity index (χ3n) is 3.18. The van der Waals surface area contributed by atoms with Crippen LogP contribution in [0.4, 0.5) is 0 Å². The van der Waals surface area contributed by atoms with Gasteiger partial charge in [0.05, 0.1) is 0 Å². The summed E-state index contributed by atoms with van der Waals surface area (Å²) in [5, 5.41) is 7.94. The SMILES string of the molecule is c1csc(CC(NCCc2ncc[nH]2)c2cccs2)c1. The van der Waals surface area contributed by atoms with Gasteiger partial charge in [0.25, 0.3) is 0 Å². The van der Waals surface area contributed by atoms with Crippen LogP contribution in [0.2, 0.25) is 0 Å². The van der Waals surface area contributed by atoms with Crippen LogP contribution in [0.25, 0.3) is 0 Å². The lowest BCUT2D eigenvalue weighted by Gasteiger charge is -2.16. The molecule has 0 amide bonds. The molecule has 3 rings (SSSR count). The van der Waals surface area contributed by atoms with Crippen molar-refractivity contribution in [3.63, 3.8) is 0 Å². The number of aromatic nitrogens is 2. The third kappa shape index (κ3) is 3.56. The van der Waals surface area contributed by atoms with Gasteiger partial charge in [-0.3, -0.25) is 0 Å². The van der Waals surface area contributed by atoms with Crippen molar-refractivity contribution in [3.8, 4) is 0 Å². The van der Waals surface area contributed by atoms with Gasteiger partial charge in [0.1, 0.15) is 5.82 Å². The zero-order valence-corrected chi connectivity index (χ0v) is 12.7. The van der Waals surface area contributed by atoms with Gasteiger partial charge in [-0.15, -0.1) is 22.7 Å². The van der Waals surface area contributed by atoms with Crippen LogP contribution in [0.15, 0.2) is 47.4 Å². The number of rotatable bonds is 7. The van der Waals surface area contributed by atoms with E-state index < -0.39 is 0 Å². The highest BCUT2D eigenvalue weighted by molar-refractivity contribution is 7.10. The van der Waals surface area contributed by atoms with Crippen LogP contribution in [-0.2, 0) is 12.8 Å². The Labute approximate surface area is 126 Å². The van der Waals surface area contributed by atoms with Gasteiger partial charge in [-0.1, -0.05) is 12.1 Å². The van der Waals surface area contributed by atoms with E-state index in [4.69, 9.17) is 0 Å². The summed E-state index contributed by atoms with van der Waals surface area (Å²) < 4.78 is 0. The largest absolute Gasteiger partial charge is 0.349 e. The Morgan fingerprint density at radius 1 is 1.20 bits per heavy atom. The Kier molecular flexibility index (Phi) is 4.63. The summed E-state index contributed by atoms with van der Waals surface area (Å²) in [6, 6.07) is 9.05. The summed E-state index contributed by atoms with van der Waals surface area (Å²) in [5.41, 5.74) is 0. The Balaban J connectivity index is 1.60. The van der Waals surface area contributed by atoms with Crippen LogP contribution >= 0.6 is 22.7 Å². The van der Waals surface area contributed by atoms with Crippen molar-refractivity contribution in [2.75, 3.05) is 6.54 Å². The topological polar surface area (TPSA) is 40.7 Å². The first-order valence-corrected chi connectivity index (χ1v) is 8.45. The number of hydrogen-bond donors (Lipinski definition) is 2. The van der Waals surface area contributed by atoms with E-state index in [0.717, 1.165) is 25.2 Å². The zero-order valence-electron chi connectivity index (χ0n) is 11.1. The minimum atomic E-state index is 0.392. The molecule has 1 unspecified atom stereocenters. The molecule has 0 saturated heterocycles. The lowest BCUT2D eigenvalue weighted by Crippen LogP contribution is -2.25. The van der Waals surface area contributed by atoms with Crippen molar-refractivity contribution >= 4 is 22.7 Å². The predicted molar refractivity (Wildman–Crippen MR) is 85.4 cm³/mol. The molecule has 0 aromatic carbocycles. The zero-order chi connectivity index (χ0) is 13.6. The number of H-pyrrole nitrogens is 1. The summed E-state index contributed by atoms with van der Waals surface area (Å²) in [4.78, 5) is 10.2. The number of imidazole rings is 1. The molecule has 3 nitrogen and oxygen atoms in total. The quantitative estimate of drug-likeness (QED) is 0.699. The first-order chi connectivity index (χ1) is 9.92. The van der Waals surface area contributed by atoms with Crippen LogP contribution < -0.4 is 5.32 Å². The molecule has 0 spiro atoms. The van der Waals surface area contributed by atoms with E-state index in [0.29, 0.717) is 6.04 Å². The maximum atomic E-state index is 4.26. The van der Waals surface area contributed by atoms with Gasteiger partial charge in [0, 0.05) is 47.6 Å². The highest BCUT2D eigenvalue weighted by atomic mass is 32.1. The molecular formula is C15H17N3S2.